The fraction of sp³-hybridized carbons (Fsp3) is 0.125. The number of rotatable bonds is 0. The summed E-state index contributed by atoms with van der Waals surface area (Å²) >= 11 is 0. The van der Waals surface area contributed by atoms with Gasteiger partial charge in [-0.25, -0.2) is 4.99 Å². The Balaban J connectivity index is 2.32. The van der Waals surface area contributed by atoms with Crippen LogP contribution in [-0.4, -0.2) is 12.1 Å². The lowest BCUT2D eigenvalue weighted by Crippen LogP contribution is -2.24. The van der Waals surface area contributed by atoms with Crippen molar-refractivity contribution in [1.29, 1.82) is 0 Å². The monoisotopic (exact) mass is 163 g/mol. The zero-order valence-corrected chi connectivity index (χ0v) is 6.40. The summed E-state index contributed by atoms with van der Waals surface area (Å²) in [5, 5.41) is 0. The number of fused-ring (bicyclic) bond motifs is 1. The van der Waals surface area contributed by atoms with Gasteiger partial charge in [0, 0.05) is 11.3 Å². The predicted molar refractivity (Wildman–Crippen MR) is 46.0 cm³/mol. The Morgan fingerprint density at radius 1 is 1.42 bits per heavy atom. The minimum absolute atomic E-state index is 0.0222. The summed E-state index contributed by atoms with van der Waals surface area (Å²) in [6.07, 6.45) is 7.09. The van der Waals surface area contributed by atoms with Crippen LogP contribution in [0.25, 0.3) is 0 Å². The summed E-state index contributed by atoms with van der Waals surface area (Å²) in [5.74, 6) is 0. The maximum absolute atomic E-state index is 5.57. The van der Waals surface area contributed by atoms with E-state index in [0.29, 0.717) is 5.70 Å². The van der Waals surface area contributed by atoms with Crippen LogP contribution >= 0.6 is 0 Å². The van der Waals surface area contributed by atoms with Gasteiger partial charge in [0.15, 0.2) is 0 Å². The fourth-order valence-electron chi connectivity index (χ4n) is 1.16. The highest BCUT2D eigenvalue weighted by atomic mass is 16.5. The normalized spacial score (nSPS) is 26.3. The number of ether oxygens (including phenoxy) is 1. The van der Waals surface area contributed by atoms with Gasteiger partial charge in [0.2, 0.25) is 0 Å². The molecule has 2 rings (SSSR count). The highest BCUT2D eigenvalue weighted by Crippen LogP contribution is 2.19. The Morgan fingerprint density at radius 3 is 3.08 bits per heavy atom. The van der Waals surface area contributed by atoms with E-state index in [9.17, 15) is 0 Å². The van der Waals surface area contributed by atoms with Gasteiger partial charge in [-0.3, -0.25) is 0 Å². The van der Waals surface area contributed by atoms with Crippen LogP contribution in [0.2, 0.25) is 0 Å². The summed E-state index contributed by atoms with van der Waals surface area (Å²) < 4.78 is 4.93. The van der Waals surface area contributed by atoms with Gasteiger partial charge in [0.05, 0.1) is 0 Å². The van der Waals surface area contributed by atoms with Crippen molar-refractivity contribution in [2.45, 2.75) is 6.04 Å². The molecular formula is C8H9N3O. The van der Waals surface area contributed by atoms with Crippen molar-refractivity contribution in [2.75, 3.05) is 0 Å². The first-order valence-electron chi connectivity index (χ1n) is 3.61. The van der Waals surface area contributed by atoms with Crippen molar-refractivity contribution in [3.05, 3.63) is 35.8 Å². The van der Waals surface area contributed by atoms with Gasteiger partial charge in [-0.2, -0.15) is 0 Å². The molecule has 4 nitrogen and oxygen atoms in total. The zero-order valence-electron chi connectivity index (χ0n) is 6.40. The number of aliphatic imine (C=N–C) groups is 1. The lowest BCUT2D eigenvalue weighted by molar-refractivity contribution is 0.440. The number of nitrogens with zero attached hydrogens (tertiary/aromatic N) is 1. The first-order chi connectivity index (χ1) is 5.75. The van der Waals surface area contributed by atoms with E-state index in [2.05, 4.69) is 4.99 Å². The molecule has 1 aliphatic carbocycles. The molecule has 0 aromatic heterocycles. The summed E-state index contributed by atoms with van der Waals surface area (Å²) in [4.78, 5) is 4.06. The van der Waals surface area contributed by atoms with E-state index in [4.69, 9.17) is 16.2 Å². The van der Waals surface area contributed by atoms with Crippen LogP contribution < -0.4 is 11.5 Å². The molecule has 1 heterocycles. The fourth-order valence-corrected chi connectivity index (χ4v) is 1.16. The Hall–Kier alpha value is -1.71. The van der Waals surface area contributed by atoms with E-state index in [1.807, 2.05) is 18.2 Å². The average molecular weight is 163 g/mol. The molecule has 2 aliphatic rings. The van der Waals surface area contributed by atoms with Gasteiger partial charge in [-0.1, -0.05) is 6.08 Å². The lowest BCUT2D eigenvalue weighted by atomic mass is 10.0. The Kier molecular flexibility index (Phi) is 1.40. The minimum atomic E-state index is -0.0222. The van der Waals surface area contributed by atoms with E-state index in [1.165, 1.54) is 0 Å². The van der Waals surface area contributed by atoms with E-state index < -0.39 is 0 Å². The molecule has 0 fully saturated rings. The SMILES string of the molecule is NC1=CC2=COC(N)=NC2C=C1. The summed E-state index contributed by atoms with van der Waals surface area (Å²) in [6, 6.07) is 0.174. The predicted octanol–water partition coefficient (Wildman–Crippen LogP) is -0.00380. The van der Waals surface area contributed by atoms with E-state index in [1.54, 1.807) is 6.26 Å². The van der Waals surface area contributed by atoms with Crippen LogP contribution in [-0.2, 0) is 4.74 Å². The van der Waals surface area contributed by atoms with Gasteiger partial charge in [-0.15, -0.1) is 0 Å². The molecule has 62 valence electrons. The standard InChI is InChI=1S/C8H9N3O/c9-6-1-2-7-5(3-6)4-12-8(10)11-7/h1-4,7H,9H2,(H2,10,11). The van der Waals surface area contributed by atoms with Crippen molar-refractivity contribution < 1.29 is 4.74 Å². The molecule has 1 unspecified atom stereocenters. The van der Waals surface area contributed by atoms with Crippen molar-refractivity contribution in [3.63, 3.8) is 0 Å². The van der Waals surface area contributed by atoms with Crippen LogP contribution in [0, 0.1) is 0 Å². The molecule has 0 spiro atoms. The molecular weight excluding hydrogens is 154 g/mol. The quantitative estimate of drug-likeness (QED) is 0.527. The maximum atomic E-state index is 5.57. The highest BCUT2D eigenvalue weighted by molar-refractivity contribution is 5.74. The number of hydrogen-bond acceptors (Lipinski definition) is 4. The van der Waals surface area contributed by atoms with Crippen LogP contribution in [0.3, 0.4) is 0 Å². The molecule has 0 amide bonds. The Morgan fingerprint density at radius 2 is 2.25 bits per heavy atom. The molecule has 0 bridgehead atoms. The molecule has 0 aromatic rings. The molecule has 0 aromatic carbocycles. The molecule has 4 heteroatoms. The van der Waals surface area contributed by atoms with Crippen molar-refractivity contribution in [2.24, 2.45) is 16.5 Å². The third kappa shape index (κ3) is 1.07. The second-order valence-corrected chi connectivity index (χ2v) is 2.65. The lowest BCUT2D eigenvalue weighted by Gasteiger charge is -2.18. The third-order valence-corrected chi connectivity index (χ3v) is 1.73. The number of amidine groups is 1. The van der Waals surface area contributed by atoms with E-state index >= 15 is 0 Å². The molecule has 4 N–H and O–H groups in total. The van der Waals surface area contributed by atoms with Gasteiger partial charge in [0.1, 0.15) is 12.3 Å². The average Bonchev–Trinajstić information content (AvgIpc) is 2.05. The molecule has 12 heavy (non-hydrogen) atoms. The van der Waals surface area contributed by atoms with Gasteiger partial charge in [-0.05, 0) is 12.2 Å². The summed E-state index contributed by atoms with van der Waals surface area (Å²) in [7, 11) is 0. The van der Waals surface area contributed by atoms with Gasteiger partial charge in [0.25, 0.3) is 6.02 Å². The second kappa shape index (κ2) is 2.41. The zero-order chi connectivity index (χ0) is 8.55. The van der Waals surface area contributed by atoms with Crippen molar-refractivity contribution >= 4 is 6.02 Å². The van der Waals surface area contributed by atoms with E-state index in [0.717, 1.165) is 5.57 Å². The largest absolute Gasteiger partial charge is 0.434 e. The summed E-state index contributed by atoms with van der Waals surface area (Å²) in [5.41, 5.74) is 12.6. The Bertz CT molecular complexity index is 325. The maximum Gasteiger partial charge on any atom is 0.287 e. The summed E-state index contributed by atoms with van der Waals surface area (Å²) in [6.45, 7) is 0. The molecule has 0 saturated carbocycles. The molecule has 1 atom stereocenters. The molecule has 1 aliphatic heterocycles. The minimum Gasteiger partial charge on any atom is -0.434 e. The van der Waals surface area contributed by atoms with Gasteiger partial charge < -0.3 is 16.2 Å². The third-order valence-electron chi connectivity index (χ3n) is 1.73. The van der Waals surface area contributed by atoms with Gasteiger partial charge >= 0.3 is 0 Å². The first-order valence-corrected chi connectivity index (χ1v) is 3.61. The van der Waals surface area contributed by atoms with Crippen molar-refractivity contribution in [3.8, 4) is 0 Å². The van der Waals surface area contributed by atoms with Crippen molar-refractivity contribution in [1.82, 2.24) is 0 Å². The first kappa shape index (κ1) is 6.97. The van der Waals surface area contributed by atoms with Crippen LogP contribution in [0.4, 0.5) is 0 Å². The highest BCUT2D eigenvalue weighted by Gasteiger charge is 2.17. The molecule has 0 saturated heterocycles. The topological polar surface area (TPSA) is 73.6 Å². The van der Waals surface area contributed by atoms with Crippen LogP contribution in [0.15, 0.2) is 40.8 Å². The smallest absolute Gasteiger partial charge is 0.287 e. The number of hydrogen-bond donors (Lipinski definition) is 2. The number of nitrogens with two attached hydrogens (primary N) is 2. The number of allylic oxidation sites excluding steroid dienone is 1. The van der Waals surface area contributed by atoms with Crippen LogP contribution in [0.5, 0.6) is 0 Å². The Labute approximate surface area is 69.9 Å². The second-order valence-electron chi connectivity index (χ2n) is 2.65. The van der Waals surface area contributed by atoms with Crippen LogP contribution in [0.1, 0.15) is 0 Å². The molecule has 0 radical (unpaired) electrons. The van der Waals surface area contributed by atoms with E-state index in [-0.39, 0.29) is 12.1 Å².